The van der Waals surface area contributed by atoms with Gasteiger partial charge in [-0.15, -0.1) is 0 Å². The summed E-state index contributed by atoms with van der Waals surface area (Å²) in [6.45, 7) is 6.34. The van der Waals surface area contributed by atoms with Crippen molar-refractivity contribution in [2.45, 2.75) is 26.0 Å². The zero-order chi connectivity index (χ0) is 16.6. The topological polar surface area (TPSA) is 61.9 Å². The molecule has 2 fully saturated rings. The van der Waals surface area contributed by atoms with Crippen LogP contribution < -0.4 is 10.1 Å². The van der Waals surface area contributed by atoms with E-state index in [1.807, 2.05) is 13.8 Å². The fraction of sp³-hybridized carbons (Fsp3) is 0.500. The van der Waals surface area contributed by atoms with Gasteiger partial charge in [0.25, 0.3) is 5.91 Å². The van der Waals surface area contributed by atoms with Gasteiger partial charge >= 0.3 is 6.03 Å². The maximum Gasteiger partial charge on any atom is 0.317 e. The highest BCUT2D eigenvalue weighted by molar-refractivity contribution is 6.34. The third-order valence-electron chi connectivity index (χ3n) is 4.02. The van der Waals surface area contributed by atoms with Gasteiger partial charge in [0.05, 0.1) is 22.7 Å². The van der Waals surface area contributed by atoms with Gasteiger partial charge in [0.1, 0.15) is 5.75 Å². The van der Waals surface area contributed by atoms with Gasteiger partial charge in [0, 0.05) is 26.2 Å². The molecular weight excluding hydrogens is 318 g/mol. The lowest BCUT2D eigenvalue weighted by molar-refractivity contribution is 0.0407. The largest absolute Gasteiger partial charge is 0.491 e. The first-order valence-electron chi connectivity index (χ1n) is 7.75. The molecule has 0 aromatic heterocycles. The van der Waals surface area contributed by atoms with Crippen molar-refractivity contribution < 1.29 is 14.3 Å². The number of urea groups is 1. The van der Waals surface area contributed by atoms with Crippen molar-refractivity contribution >= 4 is 23.5 Å². The molecule has 0 bridgehead atoms. The summed E-state index contributed by atoms with van der Waals surface area (Å²) in [5.74, 6) is 0.540. The molecule has 2 saturated heterocycles. The number of nitrogens with one attached hydrogen (secondary N) is 1. The Bertz CT molecular complexity index is 629. The number of ether oxygens (including phenoxy) is 1. The van der Waals surface area contributed by atoms with Crippen LogP contribution in [0.3, 0.4) is 0 Å². The number of carbonyl (C=O) groups is 2. The quantitative estimate of drug-likeness (QED) is 0.913. The third-order valence-corrected chi connectivity index (χ3v) is 4.34. The predicted molar refractivity (Wildman–Crippen MR) is 87.0 cm³/mol. The minimum absolute atomic E-state index is 0.0460. The van der Waals surface area contributed by atoms with Gasteiger partial charge in [-0.3, -0.25) is 4.79 Å². The molecule has 2 aliphatic heterocycles. The molecule has 3 rings (SSSR count). The number of benzene rings is 1. The number of hydrogen-bond donors (Lipinski definition) is 1. The number of halogens is 1. The van der Waals surface area contributed by atoms with Crippen molar-refractivity contribution in [3.63, 3.8) is 0 Å². The van der Waals surface area contributed by atoms with Crippen LogP contribution in [-0.2, 0) is 0 Å². The smallest absolute Gasteiger partial charge is 0.317 e. The van der Waals surface area contributed by atoms with E-state index < -0.39 is 0 Å². The van der Waals surface area contributed by atoms with Gasteiger partial charge in [0.2, 0.25) is 0 Å². The van der Waals surface area contributed by atoms with E-state index >= 15 is 0 Å². The lowest BCUT2D eigenvalue weighted by atomic mass is 10.1. The number of rotatable bonds is 4. The van der Waals surface area contributed by atoms with E-state index in [1.165, 1.54) is 0 Å². The van der Waals surface area contributed by atoms with Crippen molar-refractivity contribution in [1.29, 1.82) is 0 Å². The van der Waals surface area contributed by atoms with Gasteiger partial charge in [-0.1, -0.05) is 11.6 Å². The molecule has 3 amide bonds. The highest BCUT2D eigenvalue weighted by Gasteiger charge is 2.39. The van der Waals surface area contributed by atoms with Crippen LogP contribution in [0.2, 0.25) is 5.02 Å². The maximum absolute atomic E-state index is 12.5. The molecule has 124 valence electrons. The fourth-order valence-electron chi connectivity index (χ4n) is 2.84. The van der Waals surface area contributed by atoms with E-state index in [9.17, 15) is 9.59 Å². The summed E-state index contributed by atoms with van der Waals surface area (Å²) in [5.41, 5.74) is 0.465. The molecule has 2 heterocycles. The summed E-state index contributed by atoms with van der Waals surface area (Å²) in [6.07, 6.45) is 0.0513. The summed E-state index contributed by atoms with van der Waals surface area (Å²) in [6, 6.07) is 5.17. The Kier molecular flexibility index (Phi) is 4.35. The van der Waals surface area contributed by atoms with Gasteiger partial charge in [-0.25, -0.2) is 4.79 Å². The minimum atomic E-state index is -0.109. The number of amides is 3. The lowest BCUT2D eigenvalue weighted by Crippen LogP contribution is -2.61. The predicted octanol–water partition coefficient (Wildman–Crippen LogP) is 1.98. The molecule has 0 radical (unpaired) electrons. The summed E-state index contributed by atoms with van der Waals surface area (Å²) in [7, 11) is 0. The Morgan fingerprint density at radius 1 is 1.39 bits per heavy atom. The Labute approximate surface area is 140 Å². The fourth-order valence-corrected chi connectivity index (χ4v) is 3.09. The molecule has 6 nitrogen and oxygen atoms in total. The van der Waals surface area contributed by atoms with Crippen LogP contribution in [0.1, 0.15) is 24.2 Å². The Hall–Kier alpha value is -1.95. The van der Waals surface area contributed by atoms with Crippen LogP contribution >= 0.6 is 11.6 Å². The van der Waals surface area contributed by atoms with Crippen LogP contribution in [0.4, 0.5) is 4.79 Å². The van der Waals surface area contributed by atoms with Gasteiger partial charge < -0.3 is 19.9 Å². The van der Waals surface area contributed by atoms with Gasteiger partial charge in [-0.05, 0) is 32.0 Å². The molecule has 0 spiro atoms. The number of nitrogens with zero attached hydrogens (tertiary/aromatic N) is 2. The number of likely N-dealkylation sites (tertiary alicyclic amines) is 1. The van der Waals surface area contributed by atoms with Gasteiger partial charge in [0.15, 0.2) is 0 Å². The first-order valence-corrected chi connectivity index (χ1v) is 8.13. The van der Waals surface area contributed by atoms with Crippen molar-refractivity contribution in [1.82, 2.24) is 15.1 Å². The summed E-state index contributed by atoms with van der Waals surface area (Å²) >= 11 is 6.22. The van der Waals surface area contributed by atoms with E-state index in [0.29, 0.717) is 42.5 Å². The Morgan fingerprint density at radius 3 is 2.70 bits per heavy atom. The molecule has 0 unspecified atom stereocenters. The van der Waals surface area contributed by atoms with Crippen LogP contribution in [-0.4, -0.2) is 60.1 Å². The van der Waals surface area contributed by atoms with Crippen LogP contribution in [0, 0.1) is 0 Å². The van der Waals surface area contributed by atoms with E-state index in [4.69, 9.17) is 16.3 Å². The molecule has 0 atom stereocenters. The summed E-state index contributed by atoms with van der Waals surface area (Å²) < 4.78 is 5.57. The number of carbonyl (C=O) groups excluding carboxylic acids is 2. The third kappa shape index (κ3) is 3.22. The normalized spacial score (nSPS) is 18.2. The van der Waals surface area contributed by atoms with E-state index in [2.05, 4.69) is 5.32 Å². The number of hydrogen-bond acceptors (Lipinski definition) is 3. The summed E-state index contributed by atoms with van der Waals surface area (Å²) in [4.78, 5) is 27.6. The molecule has 2 aliphatic rings. The highest BCUT2D eigenvalue weighted by Crippen LogP contribution is 2.27. The molecular formula is C16H20ClN3O3. The molecule has 1 N–H and O–H groups in total. The van der Waals surface area contributed by atoms with Crippen molar-refractivity contribution in [3.05, 3.63) is 28.8 Å². The van der Waals surface area contributed by atoms with Crippen LogP contribution in [0.25, 0.3) is 0 Å². The standard InChI is InChI=1S/C16H20ClN3O3/c1-10(2)23-12-3-4-13(14(17)7-12)15(21)19-8-11(9-19)20-6-5-18-16(20)22/h3-4,7,10-11H,5-6,8-9H2,1-2H3,(H,18,22). The zero-order valence-corrected chi connectivity index (χ0v) is 14.0. The van der Waals surface area contributed by atoms with E-state index in [1.54, 1.807) is 28.0 Å². The van der Waals surface area contributed by atoms with E-state index in [0.717, 1.165) is 0 Å². The molecule has 0 aliphatic carbocycles. The highest BCUT2D eigenvalue weighted by atomic mass is 35.5. The second kappa shape index (κ2) is 6.28. The van der Waals surface area contributed by atoms with Gasteiger partial charge in [-0.2, -0.15) is 0 Å². The lowest BCUT2D eigenvalue weighted by Gasteiger charge is -2.43. The maximum atomic E-state index is 12.5. The Morgan fingerprint density at radius 2 is 2.13 bits per heavy atom. The van der Waals surface area contributed by atoms with E-state index in [-0.39, 0.29) is 24.1 Å². The first-order chi connectivity index (χ1) is 11.0. The zero-order valence-electron chi connectivity index (χ0n) is 13.2. The second-order valence-corrected chi connectivity index (χ2v) is 6.50. The SMILES string of the molecule is CC(C)Oc1ccc(C(=O)N2CC(N3CCNC3=O)C2)c(Cl)c1. The minimum Gasteiger partial charge on any atom is -0.491 e. The van der Waals surface area contributed by atoms with Crippen molar-refractivity contribution in [2.24, 2.45) is 0 Å². The second-order valence-electron chi connectivity index (χ2n) is 6.10. The average Bonchev–Trinajstić information content (AvgIpc) is 2.82. The van der Waals surface area contributed by atoms with Crippen LogP contribution in [0.15, 0.2) is 18.2 Å². The molecule has 23 heavy (non-hydrogen) atoms. The average molecular weight is 338 g/mol. The Balaban J connectivity index is 1.62. The van der Waals surface area contributed by atoms with Crippen LogP contribution in [0.5, 0.6) is 5.75 Å². The molecule has 7 heteroatoms. The molecule has 1 aromatic carbocycles. The monoisotopic (exact) mass is 337 g/mol. The first kappa shape index (κ1) is 15.9. The molecule has 0 saturated carbocycles. The van der Waals surface area contributed by atoms with Crippen molar-refractivity contribution in [3.8, 4) is 5.75 Å². The molecule has 1 aromatic rings. The van der Waals surface area contributed by atoms with Crippen molar-refractivity contribution in [2.75, 3.05) is 26.2 Å². The summed E-state index contributed by atoms with van der Waals surface area (Å²) in [5, 5.41) is 3.16.